The van der Waals surface area contributed by atoms with Gasteiger partial charge in [-0.1, -0.05) is 38.4 Å². The summed E-state index contributed by atoms with van der Waals surface area (Å²) in [6.07, 6.45) is 1.25. The Hall–Kier alpha value is -0.180. The highest BCUT2D eigenvalue weighted by Crippen LogP contribution is 2.29. The fourth-order valence-electron chi connectivity index (χ4n) is 1.50. The van der Waals surface area contributed by atoms with E-state index in [0.717, 1.165) is 29.8 Å². The van der Waals surface area contributed by atoms with E-state index in [1.807, 2.05) is 23.9 Å². The lowest BCUT2D eigenvalue weighted by molar-refractivity contribution is 0.632. The monoisotopic (exact) mass is 271 g/mol. The number of hydrogen-bond acceptors (Lipinski definition) is 2. The Morgan fingerprint density at radius 3 is 2.76 bits per heavy atom. The molecule has 0 radical (unpaired) electrons. The number of benzene rings is 1. The van der Waals surface area contributed by atoms with Crippen molar-refractivity contribution in [3.05, 3.63) is 28.8 Å². The molecule has 0 bridgehead atoms. The molecule has 0 aromatic heterocycles. The van der Waals surface area contributed by atoms with E-state index in [-0.39, 0.29) is 0 Å². The molecule has 0 aliphatic heterocycles. The first-order chi connectivity index (χ1) is 8.15. The number of hydrogen-bond donors (Lipinski definition) is 1. The second kappa shape index (κ2) is 8.02. The Kier molecular flexibility index (Phi) is 7.02. The highest BCUT2D eigenvalue weighted by atomic mass is 35.5. The van der Waals surface area contributed by atoms with Crippen LogP contribution in [0.2, 0.25) is 5.02 Å². The van der Waals surface area contributed by atoms with Crippen LogP contribution in [-0.2, 0) is 6.54 Å². The summed E-state index contributed by atoms with van der Waals surface area (Å²) in [5.41, 5.74) is 1.24. The van der Waals surface area contributed by atoms with Crippen molar-refractivity contribution in [3.8, 4) is 0 Å². The molecule has 0 saturated carbocycles. The van der Waals surface area contributed by atoms with E-state index in [4.69, 9.17) is 11.6 Å². The molecule has 0 saturated heterocycles. The predicted molar refractivity (Wildman–Crippen MR) is 79.0 cm³/mol. The average molecular weight is 272 g/mol. The lowest BCUT2D eigenvalue weighted by atomic mass is 10.2. The first-order valence-electron chi connectivity index (χ1n) is 6.26. The summed E-state index contributed by atoms with van der Waals surface area (Å²) in [7, 11) is 0. The Labute approximate surface area is 114 Å². The SMILES string of the molecule is CCNCc1c(Cl)cccc1SCCC(C)C. The summed E-state index contributed by atoms with van der Waals surface area (Å²) in [6, 6.07) is 6.18. The third-order valence-corrected chi connectivity index (χ3v) is 4.07. The number of rotatable bonds is 7. The maximum Gasteiger partial charge on any atom is 0.0462 e. The molecule has 3 heteroatoms. The zero-order valence-electron chi connectivity index (χ0n) is 10.9. The molecule has 0 heterocycles. The zero-order valence-corrected chi connectivity index (χ0v) is 12.5. The predicted octanol–water partition coefficient (Wildman–Crippen LogP) is 4.59. The van der Waals surface area contributed by atoms with E-state index < -0.39 is 0 Å². The van der Waals surface area contributed by atoms with Crippen LogP contribution < -0.4 is 5.32 Å². The van der Waals surface area contributed by atoms with Crippen LogP contribution in [0.1, 0.15) is 32.8 Å². The van der Waals surface area contributed by atoms with Gasteiger partial charge in [0.2, 0.25) is 0 Å². The van der Waals surface area contributed by atoms with Crippen LogP contribution in [0, 0.1) is 5.92 Å². The van der Waals surface area contributed by atoms with Gasteiger partial charge >= 0.3 is 0 Å². The van der Waals surface area contributed by atoms with Crippen molar-refractivity contribution in [1.29, 1.82) is 0 Å². The van der Waals surface area contributed by atoms with Crippen molar-refractivity contribution < 1.29 is 0 Å². The Bertz CT molecular complexity index is 339. The molecule has 1 N–H and O–H groups in total. The molecule has 1 nitrogen and oxygen atoms in total. The summed E-state index contributed by atoms with van der Waals surface area (Å²) in [6.45, 7) is 8.47. The molecule has 1 aromatic carbocycles. The van der Waals surface area contributed by atoms with E-state index in [0.29, 0.717) is 0 Å². The standard InChI is InChI=1S/C14H22ClNS/c1-4-16-10-12-13(15)6-5-7-14(12)17-9-8-11(2)3/h5-7,11,16H,4,8-10H2,1-3H3. The van der Waals surface area contributed by atoms with Gasteiger partial charge in [0.1, 0.15) is 0 Å². The minimum Gasteiger partial charge on any atom is -0.313 e. The first-order valence-corrected chi connectivity index (χ1v) is 7.62. The fraction of sp³-hybridized carbons (Fsp3) is 0.571. The maximum absolute atomic E-state index is 6.25. The second-order valence-corrected chi connectivity index (χ2v) is 6.07. The third kappa shape index (κ3) is 5.33. The number of halogens is 1. The van der Waals surface area contributed by atoms with E-state index in [1.165, 1.54) is 16.9 Å². The van der Waals surface area contributed by atoms with Crippen molar-refractivity contribution in [2.45, 2.75) is 38.6 Å². The van der Waals surface area contributed by atoms with Crippen LogP contribution in [-0.4, -0.2) is 12.3 Å². The molecule has 1 rings (SSSR count). The van der Waals surface area contributed by atoms with Gasteiger partial charge in [-0.15, -0.1) is 11.8 Å². The van der Waals surface area contributed by atoms with E-state index >= 15 is 0 Å². The van der Waals surface area contributed by atoms with E-state index in [2.05, 4.69) is 32.2 Å². The van der Waals surface area contributed by atoms with E-state index in [9.17, 15) is 0 Å². The van der Waals surface area contributed by atoms with Crippen LogP contribution in [0.25, 0.3) is 0 Å². The maximum atomic E-state index is 6.25. The lowest BCUT2D eigenvalue weighted by Crippen LogP contribution is -2.12. The summed E-state index contributed by atoms with van der Waals surface area (Å²) >= 11 is 8.17. The van der Waals surface area contributed by atoms with E-state index in [1.54, 1.807) is 0 Å². The van der Waals surface area contributed by atoms with Gasteiger partial charge in [-0.2, -0.15) is 0 Å². The van der Waals surface area contributed by atoms with Crippen molar-refractivity contribution in [1.82, 2.24) is 5.32 Å². The number of nitrogens with one attached hydrogen (secondary N) is 1. The topological polar surface area (TPSA) is 12.0 Å². The minimum absolute atomic E-state index is 0.763. The quantitative estimate of drug-likeness (QED) is 0.728. The Morgan fingerprint density at radius 2 is 2.12 bits per heavy atom. The van der Waals surface area contributed by atoms with Crippen molar-refractivity contribution in [2.75, 3.05) is 12.3 Å². The molecule has 0 aliphatic carbocycles. The molecule has 1 aromatic rings. The molecule has 0 fully saturated rings. The normalized spacial score (nSPS) is 11.1. The lowest BCUT2D eigenvalue weighted by Gasteiger charge is -2.12. The van der Waals surface area contributed by atoms with Crippen LogP contribution >= 0.6 is 23.4 Å². The third-order valence-electron chi connectivity index (χ3n) is 2.58. The van der Waals surface area contributed by atoms with Gasteiger partial charge < -0.3 is 5.32 Å². The van der Waals surface area contributed by atoms with Crippen LogP contribution in [0.3, 0.4) is 0 Å². The second-order valence-electron chi connectivity index (χ2n) is 4.53. The van der Waals surface area contributed by atoms with Gasteiger partial charge in [0.15, 0.2) is 0 Å². The van der Waals surface area contributed by atoms with Crippen LogP contribution in [0.5, 0.6) is 0 Å². The van der Waals surface area contributed by atoms with Crippen molar-refractivity contribution >= 4 is 23.4 Å². The smallest absolute Gasteiger partial charge is 0.0462 e. The largest absolute Gasteiger partial charge is 0.313 e. The van der Waals surface area contributed by atoms with Crippen LogP contribution in [0.15, 0.2) is 23.1 Å². The van der Waals surface area contributed by atoms with Gasteiger partial charge in [0.25, 0.3) is 0 Å². The number of thioether (sulfide) groups is 1. The van der Waals surface area contributed by atoms with Gasteiger partial charge in [-0.3, -0.25) is 0 Å². The highest BCUT2D eigenvalue weighted by Gasteiger charge is 2.07. The zero-order chi connectivity index (χ0) is 12.7. The molecule has 0 unspecified atom stereocenters. The summed E-state index contributed by atoms with van der Waals surface area (Å²) < 4.78 is 0. The summed E-state index contributed by atoms with van der Waals surface area (Å²) in [5, 5.41) is 4.22. The molecule has 0 amide bonds. The molecule has 0 aliphatic rings. The minimum atomic E-state index is 0.763. The molecule has 0 spiro atoms. The molecule has 0 atom stereocenters. The van der Waals surface area contributed by atoms with Gasteiger partial charge in [0, 0.05) is 16.5 Å². The molecular formula is C14H22ClNS. The van der Waals surface area contributed by atoms with Crippen molar-refractivity contribution in [3.63, 3.8) is 0 Å². The fourth-order valence-corrected chi connectivity index (χ4v) is 3.14. The Balaban J connectivity index is 2.65. The molecular weight excluding hydrogens is 250 g/mol. The highest BCUT2D eigenvalue weighted by molar-refractivity contribution is 7.99. The molecule has 96 valence electrons. The first kappa shape index (κ1) is 14.9. The average Bonchev–Trinajstić information content (AvgIpc) is 2.28. The van der Waals surface area contributed by atoms with Crippen molar-refractivity contribution in [2.24, 2.45) is 5.92 Å². The van der Waals surface area contributed by atoms with Gasteiger partial charge in [-0.05, 0) is 42.3 Å². The van der Waals surface area contributed by atoms with Crippen LogP contribution in [0.4, 0.5) is 0 Å². The Morgan fingerprint density at radius 1 is 1.35 bits per heavy atom. The summed E-state index contributed by atoms with van der Waals surface area (Å²) in [5.74, 6) is 1.93. The molecule has 17 heavy (non-hydrogen) atoms. The summed E-state index contributed by atoms with van der Waals surface area (Å²) in [4.78, 5) is 1.32. The van der Waals surface area contributed by atoms with Gasteiger partial charge in [-0.25, -0.2) is 0 Å². The van der Waals surface area contributed by atoms with Gasteiger partial charge in [0.05, 0.1) is 0 Å².